The van der Waals surface area contributed by atoms with E-state index in [0.717, 1.165) is 0 Å². The van der Waals surface area contributed by atoms with Gasteiger partial charge >= 0.3 is 0 Å². The molecule has 2 rings (SSSR count). The minimum atomic E-state index is -0.216. The molecule has 1 radical (unpaired) electrons. The lowest BCUT2D eigenvalue weighted by atomic mass is 9.91. The van der Waals surface area contributed by atoms with Crippen molar-refractivity contribution in [2.45, 2.75) is 26.2 Å². The van der Waals surface area contributed by atoms with E-state index in [1.54, 1.807) is 18.3 Å². The molecule has 4 heteroatoms. The van der Waals surface area contributed by atoms with Crippen molar-refractivity contribution in [2.24, 2.45) is 0 Å². The average molecular weight is 207 g/mol. The van der Waals surface area contributed by atoms with Gasteiger partial charge in [0, 0.05) is 17.2 Å². The van der Waals surface area contributed by atoms with E-state index in [4.69, 9.17) is 4.42 Å². The fourth-order valence-corrected chi connectivity index (χ4v) is 1.97. The third-order valence-corrected chi connectivity index (χ3v) is 3.27. The lowest BCUT2D eigenvalue weighted by Crippen LogP contribution is -2.17. The highest BCUT2D eigenvalue weighted by atomic mass is 32.1. The van der Waals surface area contributed by atoms with Crippen LogP contribution in [0.1, 0.15) is 30.5 Å². The van der Waals surface area contributed by atoms with Crippen molar-refractivity contribution in [2.75, 3.05) is 0 Å². The van der Waals surface area contributed by atoms with Crippen LogP contribution in [0, 0.1) is 12.3 Å². The molecule has 2 heterocycles. The van der Waals surface area contributed by atoms with Gasteiger partial charge in [-0.25, -0.2) is 0 Å². The number of hydrogen-bond donors (Lipinski definition) is 0. The minimum absolute atomic E-state index is 0.216. The Bertz CT molecular complexity index is 417. The number of aromatic nitrogens is 2. The molecule has 0 spiro atoms. The van der Waals surface area contributed by atoms with Crippen molar-refractivity contribution < 1.29 is 4.42 Å². The van der Waals surface area contributed by atoms with Gasteiger partial charge in [-0.05, 0) is 26.0 Å². The van der Waals surface area contributed by atoms with E-state index < -0.39 is 0 Å². The first kappa shape index (κ1) is 9.40. The van der Waals surface area contributed by atoms with Crippen LogP contribution in [0.3, 0.4) is 0 Å². The molecular formula is C10H11N2OS. The largest absolute Gasteiger partial charge is 0.425 e. The van der Waals surface area contributed by atoms with Gasteiger partial charge in [0.25, 0.3) is 0 Å². The second kappa shape index (κ2) is 3.20. The Balaban J connectivity index is 2.42. The minimum Gasteiger partial charge on any atom is -0.425 e. The molecule has 73 valence electrons. The maximum atomic E-state index is 5.44. The molecule has 0 amide bonds. The summed E-state index contributed by atoms with van der Waals surface area (Å²) >= 11 is 1.58. The molecule has 0 N–H and O–H groups in total. The topological polar surface area (TPSA) is 38.9 Å². The quantitative estimate of drug-likeness (QED) is 0.759. The number of aryl methyl sites for hydroxylation is 1. The Kier molecular flexibility index (Phi) is 2.15. The van der Waals surface area contributed by atoms with Gasteiger partial charge in [-0.15, -0.1) is 21.5 Å². The Labute approximate surface area is 86.8 Å². The molecular weight excluding hydrogens is 196 g/mol. The molecule has 0 fully saturated rings. The summed E-state index contributed by atoms with van der Waals surface area (Å²) in [7, 11) is 0. The van der Waals surface area contributed by atoms with Gasteiger partial charge in [0.15, 0.2) is 0 Å². The molecule has 0 atom stereocenters. The van der Waals surface area contributed by atoms with Crippen molar-refractivity contribution in [3.05, 3.63) is 34.2 Å². The predicted molar refractivity (Wildman–Crippen MR) is 54.3 cm³/mol. The molecule has 14 heavy (non-hydrogen) atoms. The summed E-state index contributed by atoms with van der Waals surface area (Å²) in [6.07, 6.45) is 0. The molecule has 0 saturated heterocycles. The monoisotopic (exact) mass is 207 g/mol. The molecule has 0 aliphatic rings. The van der Waals surface area contributed by atoms with Crippen LogP contribution in [-0.4, -0.2) is 10.2 Å². The van der Waals surface area contributed by atoms with Crippen LogP contribution in [0.15, 0.2) is 16.5 Å². The zero-order valence-corrected chi connectivity index (χ0v) is 9.18. The summed E-state index contributed by atoms with van der Waals surface area (Å²) in [5.41, 5.74) is -0.216. The van der Waals surface area contributed by atoms with E-state index in [0.29, 0.717) is 11.8 Å². The van der Waals surface area contributed by atoms with Crippen molar-refractivity contribution in [1.82, 2.24) is 10.2 Å². The normalized spacial score (nSPS) is 11.9. The standard InChI is InChI=1S/C10H11N2OS/c1-7-11-12-9(13-7)10(2,3)8-5-4-6-14-8/h4-5H,1-3H3. The van der Waals surface area contributed by atoms with Crippen LogP contribution in [0.25, 0.3) is 0 Å². The van der Waals surface area contributed by atoms with Crippen LogP contribution >= 0.6 is 11.3 Å². The summed E-state index contributed by atoms with van der Waals surface area (Å²) in [5, 5.41) is 11.0. The fraction of sp³-hybridized carbons (Fsp3) is 0.400. The molecule has 2 aromatic heterocycles. The van der Waals surface area contributed by atoms with Gasteiger partial charge in [0.1, 0.15) is 0 Å². The van der Waals surface area contributed by atoms with Crippen LogP contribution in [0.4, 0.5) is 0 Å². The third-order valence-electron chi connectivity index (χ3n) is 2.15. The molecule has 0 aromatic carbocycles. The lowest BCUT2D eigenvalue weighted by Gasteiger charge is -2.17. The van der Waals surface area contributed by atoms with E-state index in [9.17, 15) is 0 Å². The smallest absolute Gasteiger partial charge is 0.227 e. The fourth-order valence-electron chi connectivity index (χ4n) is 1.23. The maximum Gasteiger partial charge on any atom is 0.227 e. The molecule has 0 aliphatic heterocycles. The van der Waals surface area contributed by atoms with Crippen LogP contribution in [-0.2, 0) is 5.41 Å². The van der Waals surface area contributed by atoms with Gasteiger partial charge < -0.3 is 4.42 Å². The van der Waals surface area contributed by atoms with Gasteiger partial charge in [0.05, 0.1) is 5.41 Å². The number of hydrogen-bond acceptors (Lipinski definition) is 4. The highest BCUT2D eigenvalue weighted by molar-refractivity contribution is 7.09. The molecule has 2 aromatic rings. The molecule has 0 aliphatic carbocycles. The molecule has 0 saturated carbocycles. The predicted octanol–water partition coefficient (Wildman–Crippen LogP) is 2.57. The Morgan fingerprint density at radius 2 is 2.21 bits per heavy atom. The third kappa shape index (κ3) is 1.46. The summed E-state index contributed by atoms with van der Waals surface area (Å²) in [6, 6.07) is 3.94. The van der Waals surface area contributed by atoms with Gasteiger partial charge in [0.2, 0.25) is 11.8 Å². The highest BCUT2D eigenvalue weighted by Gasteiger charge is 2.30. The molecule has 0 unspecified atom stereocenters. The van der Waals surface area contributed by atoms with Crippen LogP contribution in [0.5, 0.6) is 0 Å². The van der Waals surface area contributed by atoms with E-state index >= 15 is 0 Å². The number of thiophene rings is 1. The number of nitrogens with zero attached hydrogens (tertiary/aromatic N) is 2. The Hall–Kier alpha value is -1.16. The van der Waals surface area contributed by atoms with Gasteiger partial charge in [-0.3, -0.25) is 0 Å². The van der Waals surface area contributed by atoms with E-state index in [1.165, 1.54) is 4.88 Å². The second-order valence-electron chi connectivity index (χ2n) is 3.67. The molecule has 3 nitrogen and oxygen atoms in total. The first-order valence-corrected chi connectivity index (χ1v) is 5.19. The lowest BCUT2D eigenvalue weighted by molar-refractivity contribution is 0.401. The van der Waals surface area contributed by atoms with Crippen LogP contribution < -0.4 is 0 Å². The van der Waals surface area contributed by atoms with Crippen molar-refractivity contribution in [3.8, 4) is 0 Å². The average Bonchev–Trinajstić information content (AvgIpc) is 2.72. The van der Waals surface area contributed by atoms with E-state index in [-0.39, 0.29) is 5.41 Å². The SMILES string of the molecule is Cc1nnc(C(C)(C)c2cc[c]s2)o1. The zero-order chi connectivity index (χ0) is 10.2. The van der Waals surface area contributed by atoms with E-state index in [1.807, 2.05) is 12.1 Å². The van der Waals surface area contributed by atoms with Gasteiger partial charge in [-0.1, -0.05) is 0 Å². The molecule has 0 bridgehead atoms. The van der Waals surface area contributed by atoms with Crippen molar-refractivity contribution in [1.29, 1.82) is 0 Å². The second-order valence-corrected chi connectivity index (χ2v) is 4.55. The maximum absolute atomic E-state index is 5.44. The summed E-state index contributed by atoms with van der Waals surface area (Å²) in [5.74, 6) is 1.26. The number of rotatable bonds is 2. The first-order chi connectivity index (χ1) is 6.60. The zero-order valence-electron chi connectivity index (χ0n) is 8.37. The van der Waals surface area contributed by atoms with Crippen molar-refractivity contribution in [3.63, 3.8) is 0 Å². The van der Waals surface area contributed by atoms with Crippen LogP contribution in [0.2, 0.25) is 0 Å². The summed E-state index contributed by atoms with van der Waals surface area (Å²) in [4.78, 5) is 1.18. The van der Waals surface area contributed by atoms with Crippen molar-refractivity contribution >= 4 is 11.3 Å². The first-order valence-electron chi connectivity index (χ1n) is 4.37. The van der Waals surface area contributed by atoms with Gasteiger partial charge in [-0.2, -0.15) is 0 Å². The highest BCUT2D eigenvalue weighted by Crippen LogP contribution is 2.32. The van der Waals surface area contributed by atoms with E-state index in [2.05, 4.69) is 29.4 Å². The summed E-state index contributed by atoms with van der Waals surface area (Å²) in [6.45, 7) is 5.94. The Morgan fingerprint density at radius 3 is 2.71 bits per heavy atom. The summed E-state index contributed by atoms with van der Waals surface area (Å²) < 4.78 is 5.44. The Morgan fingerprint density at radius 1 is 1.43 bits per heavy atom.